The molecule has 0 heterocycles. The standard InChI is InChI=1S/C23H39NO2/c1-3-5-7-9-11-15-19-24(20-16-12-10-8-6-4-2)22-18-14-13-17-21(22)23(25)26/h13-14,17-18H,3-12,15-16,19-20H2,1-2H3,(H,25,26). The zero-order valence-electron chi connectivity index (χ0n) is 17.0. The summed E-state index contributed by atoms with van der Waals surface area (Å²) in [7, 11) is 0. The van der Waals surface area contributed by atoms with E-state index < -0.39 is 5.97 Å². The molecule has 0 aliphatic carbocycles. The van der Waals surface area contributed by atoms with Gasteiger partial charge in [0.15, 0.2) is 0 Å². The second-order valence-electron chi connectivity index (χ2n) is 7.34. The summed E-state index contributed by atoms with van der Waals surface area (Å²) in [5.74, 6) is -0.823. The van der Waals surface area contributed by atoms with Crippen molar-refractivity contribution in [2.24, 2.45) is 0 Å². The lowest BCUT2D eigenvalue weighted by Gasteiger charge is -2.26. The molecule has 0 amide bonds. The molecule has 0 atom stereocenters. The maximum atomic E-state index is 11.6. The number of aromatic carboxylic acids is 1. The van der Waals surface area contributed by atoms with Crippen molar-refractivity contribution in [1.82, 2.24) is 0 Å². The minimum Gasteiger partial charge on any atom is -0.478 e. The molecule has 0 unspecified atom stereocenters. The Balaban J connectivity index is 2.56. The third kappa shape index (κ3) is 9.26. The fraction of sp³-hybridized carbons (Fsp3) is 0.696. The average Bonchev–Trinajstić information content (AvgIpc) is 2.65. The maximum absolute atomic E-state index is 11.6. The number of anilines is 1. The van der Waals surface area contributed by atoms with Crippen LogP contribution in [0.5, 0.6) is 0 Å². The highest BCUT2D eigenvalue weighted by Gasteiger charge is 2.15. The van der Waals surface area contributed by atoms with Crippen LogP contribution in [0.4, 0.5) is 5.69 Å². The number of nitrogens with zero attached hydrogens (tertiary/aromatic N) is 1. The summed E-state index contributed by atoms with van der Waals surface area (Å²) < 4.78 is 0. The zero-order chi connectivity index (χ0) is 19.0. The normalized spacial score (nSPS) is 10.8. The lowest BCUT2D eigenvalue weighted by atomic mass is 10.1. The SMILES string of the molecule is CCCCCCCCN(CCCCCCCC)c1ccccc1C(=O)O. The molecule has 0 fully saturated rings. The minimum atomic E-state index is -0.823. The van der Waals surface area contributed by atoms with Gasteiger partial charge in [-0.25, -0.2) is 4.79 Å². The van der Waals surface area contributed by atoms with E-state index in [1.54, 1.807) is 6.07 Å². The highest BCUT2D eigenvalue weighted by Crippen LogP contribution is 2.22. The van der Waals surface area contributed by atoms with Gasteiger partial charge in [0, 0.05) is 13.1 Å². The Kier molecular flexibility index (Phi) is 12.7. The van der Waals surface area contributed by atoms with Gasteiger partial charge in [-0.15, -0.1) is 0 Å². The largest absolute Gasteiger partial charge is 0.478 e. The third-order valence-corrected chi connectivity index (χ3v) is 5.04. The van der Waals surface area contributed by atoms with Gasteiger partial charge in [-0.3, -0.25) is 0 Å². The van der Waals surface area contributed by atoms with Crippen LogP contribution >= 0.6 is 0 Å². The predicted molar refractivity (Wildman–Crippen MR) is 112 cm³/mol. The summed E-state index contributed by atoms with van der Waals surface area (Å²) in [6, 6.07) is 7.47. The van der Waals surface area contributed by atoms with Crippen LogP contribution in [0.1, 0.15) is 101 Å². The molecular formula is C23H39NO2. The van der Waals surface area contributed by atoms with Crippen molar-refractivity contribution < 1.29 is 9.90 Å². The summed E-state index contributed by atoms with van der Waals surface area (Å²) in [6.45, 7) is 6.41. The number of carboxylic acids is 1. The molecule has 148 valence electrons. The quantitative estimate of drug-likeness (QED) is 0.325. The van der Waals surface area contributed by atoms with Crippen molar-refractivity contribution in [2.45, 2.75) is 90.9 Å². The average molecular weight is 362 g/mol. The summed E-state index contributed by atoms with van der Waals surface area (Å²) >= 11 is 0. The van der Waals surface area contributed by atoms with Gasteiger partial charge in [-0.1, -0.05) is 90.2 Å². The Hall–Kier alpha value is -1.51. The number of benzene rings is 1. The third-order valence-electron chi connectivity index (χ3n) is 5.04. The summed E-state index contributed by atoms with van der Waals surface area (Å²) in [6.07, 6.45) is 15.2. The topological polar surface area (TPSA) is 40.5 Å². The van der Waals surface area contributed by atoms with Crippen LogP contribution in [0.15, 0.2) is 24.3 Å². The van der Waals surface area contributed by atoms with Gasteiger partial charge in [-0.05, 0) is 25.0 Å². The van der Waals surface area contributed by atoms with Gasteiger partial charge in [0.2, 0.25) is 0 Å². The van der Waals surface area contributed by atoms with Gasteiger partial charge in [0.25, 0.3) is 0 Å². The van der Waals surface area contributed by atoms with Crippen LogP contribution in [0.3, 0.4) is 0 Å². The Bertz CT molecular complexity index is 471. The van der Waals surface area contributed by atoms with Crippen LogP contribution in [0.2, 0.25) is 0 Å². The molecule has 0 radical (unpaired) electrons. The van der Waals surface area contributed by atoms with Crippen LogP contribution in [0, 0.1) is 0 Å². The van der Waals surface area contributed by atoms with Gasteiger partial charge >= 0.3 is 5.97 Å². The zero-order valence-corrected chi connectivity index (χ0v) is 17.0. The number of para-hydroxylation sites is 1. The molecule has 0 saturated carbocycles. The highest BCUT2D eigenvalue weighted by atomic mass is 16.4. The van der Waals surface area contributed by atoms with E-state index in [1.807, 2.05) is 18.2 Å². The molecule has 0 aliphatic heterocycles. The molecule has 0 bridgehead atoms. The maximum Gasteiger partial charge on any atom is 0.337 e. The van der Waals surface area contributed by atoms with Crippen molar-refractivity contribution >= 4 is 11.7 Å². The fourth-order valence-electron chi connectivity index (χ4n) is 3.45. The molecule has 1 rings (SSSR count). The van der Waals surface area contributed by atoms with Gasteiger partial charge in [0.05, 0.1) is 11.3 Å². The number of hydrogen-bond donors (Lipinski definition) is 1. The number of carboxylic acid groups (broad SMARTS) is 1. The Morgan fingerprint density at radius 1 is 0.769 bits per heavy atom. The lowest BCUT2D eigenvalue weighted by molar-refractivity contribution is 0.0697. The second kappa shape index (κ2) is 14.6. The van der Waals surface area contributed by atoms with Crippen molar-refractivity contribution in [3.8, 4) is 0 Å². The Morgan fingerprint density at radius 2 is 1.23 bits per heavy atom. The van der Waals surface area contributed by atoms with Crippen LogP contribution < -0.4 is 4.90 Å². The molecule has 1 aromatic rings. The lowest BCUT2D eigenvalue weighted by Crippen LogP contribution is -2.27. The first kappa shape index (κ1) is 22.5. The highest BCUT2D eigenvalue weighted by molar-refractivity contribution is 5.94. The van der Waals surface area contributed by atoms with Crippen LogP contribution in [-0.4, -0.2) is 24.2 Å². The Labute approximate surface area is 160 Å². The van der Waals surface area contributed by atoms with Crippen molar-refractivity contribution in [1.29, 1.82) is 0 Å². The van der Waals surface area contributed by atoms with E-state index >= 15 is 0 Å². The van der Waals surface area contributed by atoms with E-state index in [0.717, 1.165) is 31.6 Å². The second-order valence-corrected chi connectivity index (χ2v) is 7.34. The predicted octanol–water partition coefficient (Wildman–Crippen LogP) is 6.91. The Morgan fingerprint density at radius 3 is 1.73 bits per heavy atom. The summed E-state index contributed by atoms with van der Waals surface area (Å²) in [5, 5.41) is 9.53. The van der Waals surface area contributed by atoms with Crippen LogP contribution in [0.25, 0.3) is 0 Å². The molecule has 0 saturated heterocycles. The van der Waals surface area contributed by atoms with Crippen molar-refractivity contribution in [3.63, 3.8) is 0 Å². The molecule has 3 heteroatoms. The molecule has 0 spiro atoms. The molecule has 1 aromatic carbocycles. The van der Waals surface area contributed by atoms with Crippen molar-refractivity contribution in [3.05, 3.63) is 29.8 Å². The van der Waals surface area contributed by atoms with Gasteiger partial charge < -0.3 is 10.0 Å². The smallest absolute Gasteiger partial charge is 0.337 e. The van der Waals surface area contributed by atoms with E-state index in [9.17, 15) is 9.90 Å². The van der Waals surface area contributed by atoms with E-state index in [1.165, 1.54) is 64.2 Å². The van der Waals surface area contributed by atoms with E-state index in [4.69, 9.17) is 0 Å². The number of unbranched alkanes of at least 4 members (excludes halogenated alkanes) is 10. The molecule has 0 aromatic heterocycles. The van der Waals surface area contributed by atoms with Crippen molar-refractivity contribution in [2.75, 3.05) is 18.0 Å². The summed E-state index contributed by atoms with van der Waals surface area (Å²) in [4.78, 5) is 13.9. The molecule has 1 N–H and O–H groups in total. The minimum absolute atomic E-state index is 0.435. The van der Waals surface area contributed by atoms with Crippen LogP contribution in [-0.2, 0) is 0 Å². The first-order chi connectivity index (χ1) is 12.7. The molecular weight excluding hydrogens is 322 g/mol. The number of carbonyl (C=O) groups is 1. The molecule has 3 nitrogen and oxygen atoms in total. The number of rotatable bonds is 16. The molecule has 0 aliphatic rings. The van der Waals surface area contributed by atoms with Gasteiger partial charge in [-0.2, -0.15) is 0 Å². The fourth-order valence-corrected chi connectivity index (χ4v) is 3.45. The molecule has 26 heavy (non-hydrogen) atoms. The summed E-state index contributed by atoms with van der Waals surface area (Å²) in [5.41, 5.74) is 1.33. The first-order valence-corrected chi connectivity index (χ1v) is 10.8. The monoisotopic (exact) mass is 361 g/mol. The van der Waals surface area contributed by atoms with E-state index in [0.29, 0.717) is 5.56 Å². The van der Waals surface area contributed by atoms with E-state index in [2.05, 4.69) is 18.7 Å². The first-order valence-electron chi connectivity index (χ1n) is 10.8. The van der Waals surface area contributed by atoms with E-state index in [-0.39, 0.29) is 0 Å². The van der Waals surface area contributed by atoms with Gasteiger partial charge in [0.1, 0.15) is 0 Å². The number of hydrogen-bond acceptors (Lipinski definition) is 2.